The zero-order chi connectivity index (χ0) is 35.0. The van der Waals surface area contributed by atoms with E-state index in [-0.39, 0.29) is 78.5 Å². The number of para-hydroxylation sites is 1. The van der Waals surface area contributed by atoms with Crippen LogP contribution >= 0.6 is 22.9 Å². The molecule has 12 nitrogen and oxygen atoms in total. The van der Waals surface area contributed by atoms with Crippen molar-refractivity contribution in [3.05, 3.63) is 62.8 Å². The minimum Gasteiger partial charge on any atom is -0.409 e. The Kier molecular flexibility index (Phi) is 12.9. The topological polar surface area (TPSA) is 166 Å². The van der Waals surface area contributed by atoms with Gasteiger partial charge in [-0.15, -0.1) is 11.3 Å². The van der Waals surface area contributed by atoms with Crippen LogP contribution in [-0.2, 0) is 26.0 Å². The van der Waals surface area contributed by atoms with Crippen LogP contribution in [0, 0.1) is 11.3 Å². The third-order valence-corrected chi connectivity index (χ3v) is 12.9. The zero-order valence-corrected chi connectivity index (χ0v) is 29.9. The molecule has 2 aliphatic heterocycles. The number of amides is 2. The van der Waals surface area contributed by atoms with Crippen LogP contribution in [0.2, 0.25) is 5.02 Å². The molecule has 0 spiro atoms. The van der Waals surface area contributed by atoms with Crippen LogP contribution in [-0.4, -0.2) is 97.4 Å². The third-order valence-electron chi connectivity index (χ3n) is 9.73. The number of benzene rings is 1. The number of carbonyl (C=O) groups excluding carboxylic acids is 3. The van der Waals surface area contributed by atoms with Gasteiger partial charge in [-0.05, 0) is 61.6 Å². The Balaban J connectivity index is 1.36. The summed E-state index contributed by atoms with van der Waals surface area (Å²) in [5.41, 5.74) is 5.49. The molecule has 3 fully saturated rings. The molecule has 3 heterocycles. The molecular weight excluding hydrogens is 688 g/mol. The molecule has 1 aliphatic carbocycles. The number of ketones is 1. The van der Waals surface area contributed by atoms with Gasteiger partial charge in [-0.1, -0.05) is 49.1 Å². The molecule has 0 bridgehead atoms. The number of nitrogens with one attached hydrogen (secondary N) is 2. The second-order valence-electron chi connectivity index (χ2n) is 12.8. The normalized spacial score (nSPS) is 20.9. The van der Waals surface area contributed by atoms with E-state index in [1.807, 2.05) is 17.5 Å². The van der Waals surface area contributed by atoms with Gasteiger partial charge in [0.2, 0.25) is 15.9 Å². The van der Waals surface area contributed by atoms with Gasteiger partial charge in [0.15, 0.2) is 11.5 Å². The number of piperazine rings is 1. The minimum atomic E-state index is -3.92. The number of piperidine rings is 1. The summed E-state index contributed by atoms with van der Waals surface area (Å²) in [6.45, 7) is 0.668. The van der Waals surface area contributed by atoms with Crippen LogP contribution < -0.4 is 15.8 Å². The summed E-state index contributed by atoms with van der Waals surface area (Å²) in [6.07, 6.45) is 7.74. The van der Waals surface area contributed by atoms with E-state index in [0.29, 0.717) is 19.3 Å². The molecule has 15 heteroatoms. The predicted octanol–water partition coefficient (Wildman–Crippen LogP) is 4.40. The Morgan fingerprint density at radius 2 is 1.78 bits per heavy atom. The van der Waals surface area contributed by atoms with Crippen molar-refractivity contribution < 1.29 is 27.5 Å². The summed E-state index contributed by atoms with van der Waals surface area (Å²) < 4.78 is 33.0. The average molecular weight is 733 g/mol. The highest BCUT2D eigenvalue weighted by atomic mass is 35.5. The number of hydrogen-bond acceptors (Lipinski definition) is 10. The summed E-state index contributed by atoms with van der Waals surface area (Å²) >= 11 is 7.80. The molecule has 2 aromatic rings. The Hall–Kier alpha value is -3.30. The average Bonchev–Trinajstić information content (AvgIpc) is 3.65. The zero-order valence-electron chi connectivity index (χ0n) is 27.5. The molecule has 2 atom stereocenters. The highest BCUT2D eigenvalue weighted by molar-refractivity contribution is 7.93. The van der Waals surface area contributed by atoms with E-state index in [2.05, 4.69) is 5.32 Å². The summed E-state index contributed by atoms with van der Waals surface area (Å²) in [6, 6.07) is 9.20. The molecule has 0 radical (unpaired) electrons. The second-order valence-corrected chi connectivity index (χ2v) is 16.1. The fraction of sp³-hybridized carbons (Fsp3) is 0.529. The van der Waals surface area contributed by atoms with Gasteiger partial charge in [0.1, 0.15) is 10.9 Å². The van der Waals surface area contributed by atoms with E-state index in [0.717, 1.165) is 49.4 Å². The lowest BCUT2D eigenvalue weighted by Gasteiger charge is -2.44. The van der Waals surface area contributed by atoms with E-state index >= 15 is 0 Å². The monoisotopic (exact) mass is 732 g/mol. The van der Waals surface area contributed by atoms with E-state index < -0.39 is 28.2 Å². The van der Waals surface area contributed by atoms with Crippen molar-refractivity contribution in [2.45, 2.75) is 75.9 Å². The molecule has 3 aliphatic rings. The first kappa shape index (κ1) is 37.0. The maximum atomic E-state index is 14.7. The molecule has 266 valence electrons. The van der Waals surface area contributed by atoms with Crippen molar-refractivity contribution >= 4 is 57.0 Å². The second kappa shape index (κ2) is 17.1. The predicted molar refractivity (Wildman–Crippen MR) is 190 cm³/mol. The van der Waals surface area contributed by atoms with E-state index in [9.17, 15) is 22.8 Å². The summed E-state index contributed by atoms with van der Waals surface area (Å²) in [7, 11) is -3.92. The number of thiophene rings is 1. The largest absolute Gasteiger partial charge is 0.415 e. The van der Waals surface area contributed by atoms with E-state index in [1.54, 1.807) is 40.5 Å². The molecule has 4 N–H and O–H groups in total. The van der Waals surface area contributed by atoms with Crippen molar-refractivity contribution in [1.82, 2.24) is 19.4 Å². The Morgan fingerprint density at radius 3 is 2.43 bits per heavy atom. The number of halogens is 1. The molecule has 2 amide bonds. The van der Waals surface area contributed by atoms with E-state index in [1.165, 1.54) is 9.21 Å². The molecule has 5 rings (SSSR count). The van der Waals surface area contributed by atoms with Crippen LogP contribution in [0.25, 0.3) is 0 Å². The van der Waals surface area contributed by atoms with Gasteiger partial charge in [-0.2, -0.15) is 4.31 Å². The quantitative estimate of drug-likeness (QED) is 0.270. The first-order valence-electron chi connectivity index (χ1n) is 16.9. The lowest BCUT2D eigenvalue weighted by Crippen LogP contribution is -2.64. The number of sulfonamides is 1. The Morgan fingerprint density at radius 1 is 1.04 bits per heavy atom. The number of allylic oxidation sites excluding steroid dienone is 1. The minimum absolute atomic E-state index is 0.0110. The maximum Gasteiger partial charge on any atom is 0.415 e. The van der Waals surface area contributed by atoms with Crippen molar-refractivity contribution in [1.29, 1.82) is 5.41 Å². The van der Waals surface area contributed by atoms with Crippen molar-refractivity contribution in [3.63, 3.8) is 0 Å². The van der Waals surface area contributed by atoms with Crippen molar-refractivity contribution in [2.24, 2.45) is 11.7 Å². The lowest BCUT2D eigenvalue weighted by atomic mass is 9.86. The first-order chi connectivity index (χ1) is 23.6. The number of nitrogens with two attached hydrogens (primary N) is 1. The van der Waals surface area contributed by atoms with Gasteiger partial charge in [0, 0.05) is 55.9 Å². The first-order valence-corrected chi connectivity index (χ1v) is 19.6. The van der Waals surface area contributed by atoms with Gasteiger partial charge in [-0.25, -0.2) is 13.2 Å². The summed E-state index contributed by atoms with van der Waals surface area (Å²) in [4.78, 5) is 45.8. The van der Waals surface area contributed by atoms with Crippen molar-refractivity contribution in [2.75, 3.05) is 32.7 Å². The van der Waals surface area contributed by atoms with Gasteiger partial charge in [0.25, 0.3) is 0 Å². The molecule has 0 unspecified atom stereocenters. The summed E-state index contributed by atoms with van der Waals surface area (Å²) in [5.74, 6) is -0.311. The fourth-order valence-corrected chi connectivity index (χ4v) is 9.15. The molecule has 49 heavy (non-hydrogen) atoms. The molecule has 2 saturated heterocycles. The van der Waals surface area contributed by atoms with Crippen LogP contribution in [0.4, 0.5) is 4.79 Å². The van der Waals surface area contributed by atoms with Gasteiger partial charge in [0.05, 0.1) is 17.6 Å². The number of nitrogens with zero attached hydrogens (tertiary/aromatic N) is 3. The van der Waals surface area contributed by atoms with E-state index in [4.69, 9.17) is 27.5 Å². The third kappa shape index (κ3) is 9.09. The van der Waals surface area contributed by atoms with Gasteiger partial charge in [-0.3, -0.25) is 9.59 Å². The van der Waals surface area contributed by atoms with Crippen LogP contribution in [0.1, 0.15) is 56.2 Å². The number of ether oxygens (including phenoxy) is 1. The standard InChI is InChI=1S/C34H45ClN6O6S2/c35-28-10-4-5-11-31(28)47-34(44)39-18-19-41(29(23-39)30(42)13-12-26-9-6-20-48-26)33(43)32(38-25-7-2-1-3-8-25)24-14-16-40(17-15-24)49(45,46)27(21-36)22-37/h4-6,9-11,20-22,24-25,29,32,36,38H,1-3,7-8,12-19,23,37H2/t29-,32+/m0/s1. The molecule has 1 saturated carbocycles. The van der Waals surface area contributed by atoms with Crippen LogP contribution in [0.15, 0.2) is 52.9 Å². The lowest BCUT2D eigenvalue weighted by molar-refractivity contribution is -0.146. The SMILES string of the molecule is N=CC(=CN)S(=O)(=O)N1CCC([C@@H](NC2CCCCC2)C(=O)N2CCN(C(=O)Oc3ccccc3Cl)C[C@H]2C(=O)CCc2cccs2)CC1. The highest BCUT2D eigenvalue weighted by Crippen LogP contribution is 2.30. The molecule has 1 aromatic heterocycles. The van der Waals surface area contributed by atoms with Crippen molar-refractivity contribution in [3.8, 4) is 5.75 Å². The molecule has 1 aromatic carbocycles. The van der Waals surface area contributed by atoms with Gasteiger partial charge < -0.3 is 31.0 Å². The highest BCUT2D eigenvalue weighted by Gasteiger charge is 2.43. The van der Waals surface area contributed by atoms with Crippen LogP contribution in [0.3, 0.4) is 0 Å². The summed E-state index contributed by atoms with van der Waals surface area (Å²) in [5, 5.41) is 13.4. The maximum absolute atomic E-state index is 14.7. The Labute approximate surface area is 297 Å². The van der Waals surface area contributed by atoms with Crippen LogP contribution in [0.5, 0.6) is 5.75 Å². The number of rotatable bonds is 12. The Bertz CT molecular complexity index is 1610. The number of aryl methyl sites for hydroxylation is 1. The van der Waals surface area contributed by atoms with Gasteiger partial charge >= 0.3 is 6.09 Å². The number of Topliss-reactive ketones (excluding diaryl/α,β-unsaturated/α-hetero) is 1. The smallest absolute Gasteiger partial charge is 0.409 e. The fourth-order valence-electron chi connectivity index (χ4n) is 6.96. The number of carbonyl (C=O) groups is 3. The number of hydrogen-bond donors (Lipinski definition) is 3. The molecular formula is C34H45ClN6O6S2.